The molecule has 0 radical (unpaired) electrons. The van der Waals surface area contributed by atoms with Crippen molar-refractivity contribution in [1.29, 1.82) is 0 Å². The molecule has 0 spiro atoms. The topological polar surface area (TPSA) is 182 Å². The van der Waals surface area contributed by atoms with Gasteiger partial charge in [0.25, 0.3) is 0 Å². The zero-order valence-corrected chi connectivity index (χ0v) is 30.0. The van der Waals surface area contributed by atoms with Crippen LogP contribution in [0.15, 0.2) is 66.9 Å². The summed E-state index contributed by atoms with van der Waals surface area (Å²) < 4.78 is 10.9. The molecular formula is C38H47N9O5. The van der Waals surface area contributed by atoms with E-state index in [0.29, 0.717) is 49.7 Å². The number of H-pyrrole nitrogens is 1. The Bertz CT molecular complexity index is 1800. The molecule has 1 aliphatic carbocycles. The van der Waals surface area contributed by atoms with Crippen molar-refractivity contribution in [2.75, 3.05) is 42.6 Å². The van der Waals surface area contributed by atoms with Crippen LogP contribution in [0.3, 0.4) is 0 Å². The molecular weight excluding hydrogens is 662 g/mol. The second kappa shape index (κ2) is 16.3. The van der Waals surface area contributed by atoms with E-state index >= 15 is 0 Å². The third kappa shape index (κ3) is 9.29. The third-order valence-electron chi connectivity index (χ3n) is 9.55. The monoisotopic (exact) mass is 709 g/mol. The summed E-state index contributed by atoms with van der Waals surface area (Å²) in [7, 11) is 0. The Hall–Kier alpha value is -5.37. The number of hydrogen-bond donors (Lipinski definition) is 3. The number of carbonyl (C=O) groups is 3. The maximum atomic E-state index is 14.5. The van der Waals surface area contributed by atoms with Crippen molar-refractivity contribution in [3.8, 4) is 22.5 Å². The minimum absolute atomic E-state index is 0.154. The van der Waals surface area contributed by atoms with Gasteiger partial charge in [-0.2, -0.15) is 5.21 Å². The molecule has 52 heavy (non-hydrogen) atoms. The highest BCUT2D eigenvalue weighted by molar-refractivity contribution is 6.01. The highest BCUT2D eigenvalue weighted by Gasteiger charge is 2.36. The van der Waals surface area contributed by atoms with Gasteiger partial charge in [-0.3, -0.25) is 14.5 Å². The van der Waals surface area contributed by atoms with Gasteiger partial charge in [0.15, 0.2) is 0 Å². The number of aromatic amines is 1. The first kappa shape index (κ1) is 36.4. The van der Waals surface area contributed by atoms with Gasteiger partial charge in [-0.05, 0) is 111 Å². The van der Waals surface area contributed by atoms with Crippen molar-refractivity contribution in [1.82, 2.24) is 30.9 Å². The summed E-state index contributed by atoms with van der Waals surface area (Å²) in [5.74, 6) is 0.478. The van der Waals surface area contributed by atoms with Crippen molar-refractivity contribution >= 4 is 29.4 Å². The van der Waals surface area contributed by atoms with Crippen LogP contribution in [0.25, 0.3) is 22.5 Å². The molecule has 14 heteroatoms. The second-order valence-corrected chi connectivity index (χ2v) is 14.4. The van der Waals surface area contributed by atoms with Gasteiger partial charge in [0.05, 0.1) is 13.2 Å². The van der Waals surface area contributed by atoms with E-state index < -0.39 is 23.6 Å². The summed E-state index contributed by atoms with van der Waals surface area (Å²) >= 11 is 0. The molecule has 4 aromatic rings. The normalized spacial score (nSPS) is 18.3. The SMILES string of the molecule is CC(C)(C)OC(=O)NCC1CCC(C(=O)N(c2ccc(-c3nn[nH]n3)cc2)[C@@H](Cc2ccc(-c3ccnc(N4CCOCC4)c3)cc2)C(N)=O)CC1. The van der Waals surface area contributed by atoms with E-state index in [4.69, 9.17) is 15.2 Å². The molecule has 3 heterocycles. The van der Waals surface area contributed by atoms with Gasteiger partial charge in [0.2, 0.25) is 17.6 Å². The number of alkyl carbamates (subject to hydrolysis) is 1. The molecule has 0 unspecified atom stereocenters. The fraction of sp³-hybridized carbons (Fsp3) is 0.447. The summed E-state index contributed by atoms with van der Waals surface area (Å²) in [5, 5.41) is 17.1. The molecule has 2 aromatic carbocycles. The average Bonchev–Trinajstić information content (AvgIpc) is 3.70. The number of amides is 3. The second-order valence-electron chi connectivity index (χ2n) is 14.4. The van der Waals surface area contributed by atoms with Gasteiger partial charge in [-0.15, -0.1) is 10.2 Å². The van der Waals surface area contributed by atoms with E-state index in [2.05, 4.69) is 41.9 Å². The van der Waals surface area contributed by atoms with Crippen LogP contribution in [-0.2, 0) is 25.5 Å². The van der Waals surface area contributed by atoms with Crippen LogP contribution in [0, 0.1) is 11.8 Å². The number of nitrogens with zero attached hydrogens (tertiary/aromatic N) is 6. The number of carbonyl (C=O) groups excluding carboxylic acids is 3. The molecule has 274 valence electrons. The number of nitrogens with two attached hydrogens (primary N) is 1. The lowest BCUT2D eigenvalue weighted by atomic mass is 9.81. The van der Waals surface area contributed by atoms with Crippen molar-refractivity contribution < 1.29 is 23.9 Å². The first-order chi connectivity index (χ1) is 25.0. The number of pyridine rings is 1. The Kier molecular flexibility index (Phi) is 11.4. The van der Waals surface area contributed by atoms with Crippen LogP contribution in [0.2, 0.25) is 0 Å². The quantitative estimate of drug-likeness (QED) is 0.200. The highest BCUT2D eigenvalue weighted by atomic mass is 16.6. The van der Waals surface area contributed by atoms with Gasteiger partial charge in [-0.1, -0.05) is 24.3 Å². The minimum Gasteiger partial charge on any atom is -0.444 e. The average molecular weight is 710 g/mol. The van der Waals surface area contributed by atoms with E-state index in [1.807, 2.05) is 57.3 Å². The lowest BCUT2D eigenvalue weighted by Crippen LogP contribution is -2.52. The summed E-state index contributed by atoms with van der Waals surface area (Å²) in [4.78, 5) is 48.3. The van der Waals surface area contributed by atoms with Crippen molar-refractivity contribution in [2.45, 2.75) is 64.5 Å². The molecule has 3 amide bonds. The number of tetrazole rings is 1. The van der Waals surface area contributed by atoms with Gasteiger partial charge >= 0.3 is 6.09 Å². The number of nitrogens with one attached hydrogen (secondary N) is 2. The molecule has 1 atom stereocenters. The number of aromatic nitrogens is 5. The van der Waals surface area contributed by atoms with Crippen molar-refractivity contribution in [3.05, 3.63) is 72.4 Å². The lowest BCUT2D eigenvalue weighted by Gasteiger charge is -2.36. The smallest absolute Gasteiger partial charge is 0.407 e. The molecule has 2 aromatic heterocycles. The van der Waals surface area contributed by atoms with Crippen LogP contribution < -0.4 is 20.9 Å². The lowest BCUT2D eigenvalue weighted by molar-refractivity contribution is -0.127. The number of anilines is 2. The Balaban J connectivity index is 1.19. The van der Waals surface area contributed by atoms with Gasteiger partial charge in [0.1, 0.15) is 17.5 Å². The minimum atomic E-state index is -0.935. The standard InChI is InChI=1S/C38H47N9O5/c1-38(2,3)52-37(50)41-24-26-6-10-29(11-7-26)36(49)47(31-14-12-28(13-15-31)35-42-44-45-43-35)32(34(39)48)22-25-4-8-27(9-5-25)30-16-17-40-33(23-30)46-18-20-51-21-19-46/h4-5,8-9,12-17,23,26,29,32H,6-7,10-11,18-22,24H2,1-3H3,(H2,39,48)(H,41,50)(H,42,43,44,45)/t26?,29?,32-/m0/s1. The van der Waals surface area contributed by atoms with Gasteiger partial charge in [-0.25, -0.2) is 9.78 Å². The first-order valence-electron chi connectivity index (χ1n) is 17.9. The Labute approximate surface area is 303 Å². The van der Waals surface area contributed by atoms with Crippen LogP contribution in [-0.4, -0.2) is 88.0 Å². The number of rotatable bonds is 11. The fourth-order valence-corrected chi connectivity index (χ4v) is 6.81. The highest BCUT2D eigenvalue weighted by Crippen LogP contribution is 2.33. The van der Waals surface area contributed by atoms with E-state index in [1.165, 1.54) is 0 Å². The van der Waals surface area contributed by atoms with Gasteiger partial charge in [0, 0.05) is 49.4 Å². The summed E-state index contributed by atoms with van der Waals surface area (Å²) in [6.45, 7) is 8.91. The zero-order valence-electron chi connectivity index (χ0n) is 30.0. The Morgan fingerprint density at radius 1 is 0.981 bits per heavy atom. The fourth-order valence-electron chi connectivity index (χ4n) is 6.81. The molecule has 2 fully saturated rings. The summed E-state index contributed by atoms with van der Waals surface area (Å²) in [6.07, 6.45) is 4.35. The van der Waals surface area contributed by atoms with Crippen LogP contribution in [0.1, 0.15) is 52.0 Å². The number of primary amides is 1. The molecule has 4 N–H and O–H groups in total. The maximum Gasteiger partial charge on any atom is 0.407 e. The van der Waals surface area contributed by atoms with Crippen LogP contribution in [0.5, 0.6) is 0 Å². The van der Waals surface area contributed by atoms with Crippen LogP contribution >= 0.6 is 0 Å². The first-order valence-corrected chi connectivity index (χ1v) is 17.9. The molecule has 14 nitrogen and oxygen atoms in total. The molecule has 1 aliphatic heterocycles. The van der Waals surface area contributed by atoms with Crippen LogP contribution in [0.4, 0.5) is 16.3 Å². The Morgan fingerprint density at radius 3 is 2.31 bits per heavy atom. The largest absolute Gasteiger partial charge is 0.444 e. The van der Waals surface area contributed by atoms with Gasteiger partial charge < -0.3 is 25.4 Å². The number of morpholine rings is 1. The van der Waals surface area contributed by atoms with E-state index in [9.17, 15) is 14.4 Å². The summed E-state index contributed by atoms with van der Waals surface area (Å²) in [5.41, 5.74) is 9.70. The van der Waals surface area contributed by atoms with E-state index in [0.717, 1.165) is 48.4 Å². The molecule has 0 bridgehead atoms. The predicted octanol–water partition coefficient (Wildman–Crippen LogP) is 4.53. The van der Waals surface area contributed by atoms with Crippen molar-refractivity contribution in [2.24, 2.45) is 17.6 Å². The third-order valence-corrected chi connectivity index (χ3v) is 9.55. The molecule has 6 rings (SSSR count). The Morgan fingerprint density at radius 2 is 1.67 bits per heavy atom. The van der Waals surface area contributed by atoms with Crippen molar-refractivity contribution in [3.63, 3.8) is 0 Å². The van der Waals surface area contributed by atoms with E-state index in [1.54, 1.807) is 29.2 Å². The predicted molar refractivity (Wildman–Crippen MR) is 196 cm³/mol. The number of benzene rings is 2. The molecule has 2 aliphatic rings. The zero-order chi connectivity index (χ0) is 36.7. The number of hydrogen-bond acceptors (Lipinski definition) is 10. The number of ether oxygens (including phenoxy) is 2. The molecule has 1 saturated carbocycles. The molecule has 1 saturated heterocycles. The van der Waals surface area contributed by atoms with E-state index in [-0.39, 0.29) is 24.2 Å². The summed E-state index contributed by atoms with van der Waals surface area (Å²) in [6, 6.07) is 18.3. The maximum absolute atomic E-state index is 14.5.